The first-order chi connectivity index (χ1) is 13.6. The van der Waals surface area contributed by atoms with Crippen molar-refractivity contribution in [3.8, 4) is 11.5 Å². The number of rotatable bonds is 6. The standard InChI is InChI=1S/C20H19N3O5/c24-18(21-10-14-6-7-16-17(9-14)28-12-27-16)11-23-19(25)15(22-20(23)26)8-13-4-2-1-3-5-13/h1-7,9,15H,8,10-12H2,(H,21,24)(H,22,26)/t15-/m0/s1. The molecule has 28 heavy (non-hydrogen) atoms. The lowest BCUT2D eigenvalue weighted by Crippen LogP contribution is -2.41. The van der Waals surface area contributed by atoms with Crippen LogP contribution in [0.25, 0.3) is 0 Å². The van der Waals surface area contributed by atoms with Crippen molar-refractivity contribution in [3.63, 3.8) is 0 Å². The zero-order valence-corrected chi connectivity index (χ0v) is 15.0. The van der Waals surface area contributed by atoms with E-state index >= 15 is 0 Å². The summed E-state index contributed by atoms with van der Waals surface area (Å²) in [7, 11) is 0. The second kappa shape index (κ2) is 7.59. The van der Waals surface area contributed by atoms with Gasteiger partial charge in [-0.3, -0.25) is 14.5 Å². The van der Waals surface area contributed by atoms with E-state index in [1.807, 2.05) is 36.4 Å². The van der Waals surface area contributed by atoms with Crippen molar-refractivity contribution in [1.29, 1.82) is 0 Å². The molecular weight excluding hydrogens is 362 g/mol. The molecule has 2 aliphatic rings. The molecule has 2 aromatic rings. The highest BCUT2D eigenvalue weighted by Gasteiger charge is 2.38. The molecule has 0 aromatic heterocycles. The van der Waals surface area contributed by atoms with Crippen LogP contribution in [0.15, 0.2) is 48.5 Å². The Morgan fingerprint density at radius 2 is 1.86 bits per heavy atom. The summed E-state index contributed by atoms with van der Waals surface area (Å²) in [6, 6.07) is 13.6. The minimum absolute atomic E-state index is 0.182. The van der Waals surface area contributed by atoms with E-state index in [1.54, 1.807) is 12.1 Å². The summed E-state index contributed by atoms with van der Waals surface area (Å²) < 4.78 is 10.5. The molecule has 8 heteroatoms. The summed E-state index contributed by atoms with van der Waals surface area (Å²) in [6.45, 7) is 0.120. The smallest absolute Gasteiger partial charge is 0.325 e. The van der Waals surface area contributed by atoms with Crippen LogP contribution < -0.4 is 20.1 Å². The number of hydrogen-bond donors (Lipinski definition) is 2. The van der Waals surface area contributed by atoms with Crippen molar-refractivity contribution in [2.24, 2.45) is 0 Å². The second-order valence-electron chi connectivity index (χ2n) is 6.58. The molecule has 0 saturated carbocycles. The van der Waals surface area contributed by atoms with Gasteiger partial charge >= 0.3 is 6.03 Å². The molecule has 4 rings (SSSR count). The number of hydrogen-bond acceptors (Lipinski definition) is 5. The van der Waals surface area contributed by atoms with E-state index in [-0.39, 0.29) is 19.9 Å². The summed E-state index contributed by atoms with van der Waals surface area (Å²) in [5.74, 6) is 0.483. The summed E-state index contributed by atoms with van der Waals surface area (Å²) in [5, 5.41) is 5.35. The number of nitrogens with zero attached hydrogens (tertiary/aromatic N) is 1. The number of carbonyl (C=O) groups excluding carboxylic acids is 3. The SMILES string of the molecule is O=C(CN1C(=O)N[C@@H](Cc2ccccc2)C1=O)NCc1ccc2c(c1)OCO2. The normalized spacial score (nSPS) is 17.6. The van der Waals surface area contributed by atoms with E-state index in [1.165, 1.54) is 0 Å². The number of amides is 4. The molecule has 1 fully saturated rings. The fourth-order valence-corrected chi connectivity index (χ4v) is 3.17. The number of benzene rings is 2. The molecule has 2 aliphatic heterocycles. The largest absolute Gasteiger partial charge is 0.454 e. The van der Waals surface area contributed by atoms with Crippen LogP contribution in [0.1, 0.15) is 11.1 Å². The molecule has 144 valence electrons. The number of ether oxygens (including phenoxy) is 2. The Morgan fingerprint density at radius 3 is 2.68 bits per heavy atom. The maximum atomic E-state index is 12.5. The maximum Gasteiger partial charge on any atom is 0.325 e. The average Bonchev–Trinajstić information content (AvgIpc) is 3.27. The molecular formula is C20H19N3O5. The molecule has 2 aromatic carbocycles. The summed E-state index contributed by atoms with van der Waals surface area (Å²) >= 11 is 0. The summed E-state index contributed by atoms with van der Waals surface area (Å²) in [4.78, 5) is 37.8. The van der Waals surface area contributed by atoms with Gasteiger partial charge in [0.25, 0.3) is 5.91 Å². The molecule has 1 atom stereocenters. The first kappa shape index (κ1) is 17.8. The number of imide groups is 1. The van der Waals surface area contributed by atoms with Crippen molar-refractivity contribution < 1.29 is 23.9 Å². The van der Waals surface area contributed by atoms with Crippen LogP contribution in [0.4, 0.5) is 4.79 Å². The van der Waals surface area contributed by atoms with E-state index in [0.717, 1.165) is 16.0 Å². The lowest BCUT2D eigenvalue weighted by Gasteiger charge is -2.13. The van der Waals surface area contributed by atoms with Crippen molar-refractivity contribution in [2.45, 2.75) is 19.0 Å². The van der Waals surface area contributed by atoms with Gasteiger partial charge in [0.2, 0.25) is 12.7 Å². The number of urea groups is 1. The van der Waals surface area contributed by atoms with Crippen LogP contribution in [-0.2, 0) is 22.6 Å². The molecule has 0 radical (unpaired) electrons. The van der Waals surface area contributed by atoms with Gasteiger partial charge in [0.05, 0.1) is 0 Å². The topological polar surface area (TPSA) is 97.0 Å². The Kier molecular flexibility index (Phi) is 4.84. The van der Waals surface area contributed by atoms with Crippen LogP contribution in [0, 0.1) is 0 Å². The number of fused-ring (bicyclic) bond motifs is 1. The maximum absolute atomic E-state index is 12.5. The van der Waals surface area contributed by atoms with Crippen LogP contribution >= 0.6 is 0 Å². The molecule has 8 nitrogen and oxygen atoms in total. The highest BCUT2D eigenvalue weighted by atomic mass is 16.7. The number of nitrogens with one attached hydrogen (secondary N) is 2. The lowest BCUT2D eigenvalue weighted by molar-refractivity contribution is -0.132. The van der Waals surface area contributed by atoms with Gasteiger partial charge in [-0.05, 0) is 23.3 Å². The first-order valence-corrected chi connectivity index (χ1v) is 8.91. The Labute approximate surface area is 161 Å². The third-order valence-corrected chi connectivity index (χ3v) is 4.62. The van der Waals surface area contributed by atoms with Crippen LogP contribution in [0.5, 0.6) is 11.5 Å². The van der Waals surface area contributed by atoms with Crippen molar-refractivity contribution in [1.82, 2.24) is 15.5 Å². The highest BCUT2D eigenvalue weighted by Crippen LogP contribution is 2.32. The Morgan fingerprint density at radius 1 is 1.07 bits per heavy atom. The molecule has 0 spiro atoms. The zero-order chi connectivity index (χ0) is 19.5. The van der Waals surface area contributed by atoms with Gasteiger partial charge in [0.15, 0.2) is 11.5 Å². The van der Waals surface area contributed by atoms with Gasteiger partial charge in [-0.2, -0.15) is 0 Å². The van der Waals surface area contributed by atoms with Gasteiger partial charge in [-0.15, -0.1) is 0 Å². The fourth-order valence-electron chi connectivity index (χ4n) is 3.17. The number of carbonyl (C=O) groups is 3. The Bertz CT molecular complexity index is 915. The second-order valence-corrected chi connectivity index (χ2v) is 6.58. The molecule has 2 N–H and O–H groups in total. The van der Waals surface area contributed by atoms with E-state index in [9.17, 15) is 14.4 Å². The van der Waals surface area contributed by atoms with E-state index in [0.29, 0.717) is 17.9 Å². The quantitative estimate of drug-likeness (QED) is 0.733. The Balaban J connectivity index is 1.31. The summed E-state index contributed by atoms with van der Waals surface area (Å²) in [6.07, 6.45) is 0.390. The van der Waals surface area contributed by atoms with Gasteiger partial charge in [0.1, 0.15) is 12.6 Å². The summed E-state index contributed by atoms with van der Waals surface area (Å²) in [5.41, 5.74) is 1.77. The average molecular weight is 381 g/mol. The predicted molar refractivity (Wildman–Crippen MR) is 98.6 cm³/mol. The first-order valence-electron chi connectivity index (χ1n) is 8.91. The lowest BCUT2D eigenvalue weighted by atomic mass is 10.1. The van der Waals surface area contributed by atoms with E-state index < -0.39 is 23.9 Å². The van der Waals surface area contributed by atoms with Crippen LogP contribution in [0.2, 0.25) is 0 Å². The third kappa shape index (κ3) is 3.75. The highest BCUT2D eigenvalue weighted by molar-refractivity contribution is 6.06. The molecule has 4 amide bonds. The minimum atomic E-state index is -0.656. The molecule has 0 bridgehead atoms. The zero-order valence-electron chi connectivity index (χ0n) is 15.0. The van der Waals surface area contributed by atoms with Gasteiger partial charge in [0, 0.05) is 13.0 Å². The molecule has 1 saturated heterocycles. The van der Waals surface area contributed by atoms with Gasteiger partial charge in [-0.1, -0.05) is 36.4 Å². The minimum Gasteiger partial charge on any atom is -0.454 e. The molecule has 2 heterocycles. The van der Waals surface area contributed by atoms with Gasteiger partial charge < -0.3 is 20.1 Å². The van der Waals surface area contributed by atoms with E-state index in [4.69, 9.17) is 9.47 Å². The van der Waals surface area contributed by atoms with Crippen LogP contribution in [-0.4, -0.2) is 42.1 Å². The van der Waals surface area contributed by atoms with Gasteiger partial charge in [-0.25, -0.2) is 4.79 Å². The fraction of sp³-hybridized carbons (Fsp3) is 0.250. The molecule has 0 aliphatic carbocycles. The predicted octanol–water partition coefficient (Wildman–Crippen LogP) is 1.19. The van der Waals surface area contributed by atoms with Crippen LogP contribution in [0.3, 0.4) is 0 Å². The van der Waals surface area contributed by atoms with Crippen molar-refractivity contribution >= 4 is 17.8 Å². The molecule has 0 unspecified atom stereocenters. The monoisotopic (exact) mass is 381 g/mol. The van der Waals surface area contributed by atoms with Crippen molar-refractivity contribution in [2.75, 3.05) is 13.3 Å². The van der Waals surface area contributed by atoms with Crippen molar-refractivity contribution in [3.05, 3.63) is 59.7 Å². The van der Waals surface area contributed by atoms with E-state index in [2.05, 4.69) is 10.6 Å². The third-order valence-electron chi connectivity index (χ3n) is 4.62. The Hall–Kier alpha value is -3.55.